The molecule has 2 heterocycles. The number of ether oxygens (including phenoxy) is 1. The molecule has 1 fully saturated rings. The van der Waals surface area contributed by atoms with Crippen LogP contribution in [0.4, 0.5) is 0 Å². The van der Waals surface area contributed by atoms with Crippen molar-refractivity contribution < 1.29 is 19.2 Å². The summed E-state index contributed by atoms with van der Waals surface area (Å²) >= 11 is 0. The molecule has 1 aliphatic heterocycles. The number of nitrogens with zero attached hydrogens (tertiary/aromatic N) is 3. The standard InChI is InChI=1S/C17H21N3O4/c1-12-9-14(24-18-12)11-19-5-7-20(8-6-19)17(22)15-4-3-13(23-2)10-16(15)21/h3-4,9-10,21H,5-8,11H2,1-2H3. The Bertz CT molecular complexity index is 720. The predicted molar refractivity (Wildman–Crippen MR) is 87.1 cm³/mol. The Morgan fingerprint density at radius 1 is 1.29 bits per heavy atom. The minimum Gasteiger partial charge on any atom is -0.507 e. The largest absolute Gasteiger partial charge is 0.507 e. The van der Waals surface area contributed by atoms with E-state index in [4.69, 9.17) is 9.26 Å². The molecule has 0 atom stereocenters. The lowest BCUT2D eigenvalue weighted by atomic mass is 10.1. The smallest absolute Gasteiger partial charge is 0.257 e. The number of carbonyl (C=O) groups excluding carboxylic acids is 1. The topological polar surface area (TPSA) is 79.0 Å². The lowest BCUT2D eigenvalue weighted by Gasteiger charge is -2.34. The van der Waals surface area contributed by atoms with E-state index in [2.05, 4.69) is 10.1 Å². The Morgan fingerprint density at radius 3 is 2.62 bits per heavy atom. The number of carbonyl (C=O) groups is 1. The van der Waals surface area contributed by atoms with Gasteiger partial charge in [0.05, 0.1) is 24.9 Å². The summed E-state index contributed by atoms with van der Waals surface area (Å²) in [5.41, 5.74) is 1.17. The van der Waals surface area contributed by atoms with Crippen LogP contribution in [0.1, 0.15) is 21.8 Å². The van der Waals surface area contributed by atoms with Crippen LogP contribution in [0.15, 0.2) is 28.8 Å². The van der Waals surface area contributed by atoms with E-state index >= 15 is 0 Å². The molecule has 0 spiro atoms. The zero-order valence-corrected chi connectivity index (χ0v) is 13.9. The Kier molecular flexibility index (Phi) is 4.71. The number of hydrogen-bond acceptors (Lipinski definition) is 6. The maximum atomic E-state index is 12.6. The normalized spacial score (nSPS) is 15.5. The van der Waals surface area contributed by atoms with Crippen LogP contribution in [-0.4, -0.2) is 59.3 Å². The fraction of sp³-hybridized carbons (Fsp3) is 0.412. The summed E-state index contributed by atoms with van der Waals surface area (Å²) in [6.07, 6.45) is 0. The predicted octanol–water partition coefficient (Wildman–Crippen LogP) is 1.66. The van der Waals surface area contributed by atoms with Crippen molar-refractivity contribution in [1.82, 2.24) is 15.0 Å². The first-order valence-corrected chi connectivity index (χ1v) is 7.87. The van der Waals surface area contributed by atoms with Crippen LogP contribution in [0.2, 0.25) is 0 Å². The molecule has 128 valence electrons. The minimum absolute atomic E-state index is 0.0566. The van der Waals surface area contributed by atoms with Gasteiger partial charge in [-0.25, -0.2) is 0 Å². The first-order chi connectivity index (χ1) is 11.6. The zero-order valence-electron chi connectivity index (χ0n) is 13.9. The number of phenolic OH excluding ortho intramolecular Hbond substituents is 1. The van der Waals surface area contributed by atoms with Gasteiger partial charge in [-0.2, -0.15) is 0 Å². The third-order valence-electron chi connectivity index (χ3n) is 4.15. The lowest BCUT2D eigenvalue weighted by Crippen LogP contribution is -2.48. The van der Waals surface area contributed by atoms with E-state index in [0.717, 1.165) is 24.5 Å². The quantitative estimate of drug-likeness (QED) is 0.918. The molecule has 2 aromatic rings. The number of amides is 1. The average Bonchev–Trinajstić information content (AvgIpc) is 2.99. The fourth-order valence-corrected chi connectivity index (χ4v) is 2.81. The molecular formula is C17H21N3O4. The van der Waals surface area contributed by atoms with Gasteiger partial charge >= 0.3 is 0 Å². The van der Waals surface area contributed by atoms with E-state index in [-0.39, 0.29) is 11.7 Å². The van der Waals surface area contributed by atoms with E-state index < -0.39 is 0 Å². The number of hydrogen-bond donors (Lipinski definition) is 1. The summed E-state index contributed by atoms with van der Waals surface area (Å²) in [5.74, 6) is 1.14. The highest BCUT2D eigenvalue weighted by Gasteiger charge is 2.24. The van der Waals surface area contributed by atoms with Gasteiger partial charge in [0.1, 0.15) is 11.5 Å². The Labute approximate surface area is 140 Å². The third kappa shape index (κ3) is 3.51. The highest BCUT2D eigenvalue weighted by molar-refractivity contribution is 5.97. The van der Waals surface area contributed by atoms with Gasteiger partial charge in [-0.15, -0.1) is 0 Å². The third-order valence-corrected chi connectivity index (χ3v) is 4.15. The summed E-state index contributed by atoms with van der Waals surface area (Å²) in [6, 6.07) is 6.65. The Hall–Kier alpha value is -2.54. The second-order valence-corrected chi connectivity index (χ2v) is 5.89. The minimum atomic E-state index is -0.162. The molecular weight excluding hydrogens is 310 g/mol. The molecule has 0 radical (unpaired) electrons. The number of aromatic hydroxyl groups is 1. The maximum Gasteiger partial charge on any atom is 0.257 e. The van der Waals surface area contributed by atoms with Gasteiger partial charge < -0.3 is 19.3 Å². The molecule has 0 bridgehead atoms. The number of methoxy groups -OCH3 is 1. The van der Waals surface area contributed by atoms with E-state index in [9.17, 15) is 9.90 Å². The van der Waals surface area contributed by atoms with Crippen molar-refractivity contribution in [3.05, 3.63) is 41.3 Å². The average molecular weight is 331 g/mol. The highest BCUT2D eigenvalue weighted by Crippen LogP contribution is 2.25. The van der Waals surface area contributed by atoms with Gasteiger partial charge in [-0.3, -0.25) is 9.69 Å². The van der Waals surface area contributed by atoms with E-state index in [1.165, 1.54) is 13.2 Å². The number of aryl methyl sites for hydroxylation is 1. The molecule has 7 heteroatoms. The summed E-state index contributed by atoms with van der Waals surface area (Å²) in [6.45, 7) is 5.31. The lowest BCUT2D eigenvalue weighted by molar-refractivity contribution is 0.0614. The molecule has 1 aliphatic rings. The molecule has 24 heavy (non-hydrogen) atoms. The first kappa shape index (κ1) is 16.3. The molecule has 7 nitrogen and oxygen atoms in total. The first-order valence-electron chi connectivity index (χ1n) is 7.87. The van der Waals surface area contributed by atoms with Crippen LogP contribution in [0, 0.1) is 6.92 Å². The van der Waals surface area contributed by atoms with E-state index in [0.29, 0.717) is 30.9 Å². The van der Waals surface area contributed by atoms with Gasteiger partial charge in [0, 0.05) is 38.3 Å². The van der Waals surface area contributed by atoms with Crippen molar-refractivity contribution in [1.29, 1.82) is 0 Å². The fourth-order valence-electron chi connectivity index (χ4n) is 2.81. The second-order valence-electron chi connectivity index (χ2n) is 5.89. The van der Waals surface area contributed by atoms with Crippen molar-refractivity contribution in [2.75, 3.05) is 33.3 Å². The van der Waals surface area contributed by atoms with Crippen LogP contribution in [0.25, 0.3) is 0 Å². The van der Waals surface area contributed by atoms with Gasteiger partial charge in [0.15, 0.2) is 5.76 Å². The van der Waals surface area contributed by atoms with Crippen molar-refractivity contribution in [3.8, 4) is 11.5 Å². The number of benzene rings is 1. The summed E-state index contributed by atoms with van der Waals surface area (Å²) in [5, 5.41) is 13.9. The molecule has 0 saturated carbocycles. The second kappa shape index (κ2) is 6.92. The maximum absolute atomic E-state index is 12.6. The van der Waals surface area contributed by atoms with Crippen LogP contribution in [0.5, 0.6) is 11.5 Å². The van der Waals surface area contributed by atoms with Gasteiger partial charge in [-0.1, -0.05) is 5.16 Å². The van der Waals surface area contributed by atoms with Crippen molar-refractivity contribution in [2.45, 2.75) is 13.5 Å². The number of rotatable bonds is 4. The zero-order chi connectivity index (χ0) is 17.1. The summed E-state index contributed by atoms with van der Waals surface area (Å²) in [4.78, 5) is 16.5. The molecule has 0 unspecified atom stereocenters. The molecule has 0 aliphatic carbocycles. The molecule has 1 aromatic carbocycles. The monoisotopic (exact) mass is 331 g/mol. The van der Waals surface area contributed by atoms with Gasteiger partial charge in [0.2, 0.25) is 0 Å². The number of aromatic nitrogens is 1. The van der Waals surface area contributed by atoms with Crippen LogP contribution in [-0.2, 0) is 6.54 Å². The highest BCUT2D eigenvalue weighted by atomic mass is 16.5. The summed E-state index contributed by atoms with van der Waals surface area (Å²) in [7, 11) is 1.52. The van der Waals surface area contributed by atoms with Gasteiger partial charge in [0.25, 0.3) is 5.91 Å². The molecule has 1 saturated heterocycles. The molecule has 1 amide bonds. The van der Waals surface area contributed by atoms with Crippen molar-refractivity contribution >= 4 is 5.91 Å². The molecule has 1 N–H and O–H groups in total. The number of piperazine rings is 1. The Morgan fingerprint density at radius 2 is 2.04 bits per heavy atom. The van der Waals surface area contributed by atoms with E-state index in [1.807, 2.05) is 13.0 Å². The van der Waals surface area contributed by atoms with Crippen LogP contribution >= 0.6 is 0 Å². The van der Waals surface area contributed by atoms with Crippen molar-refractivity contribution in [3.63, 3.8) is 0 Å². The van der Waals surface area contributed by atoms with E-state index in [1.54, 1.807) is 17.0 Å². The van der Waals surface area contributed by atoms with Crippen molar-refractivity contribution in [2.24, 2.45) is 0 Å². The Balaban J connectivity index is 1.59. The number of phenols is 1. The molecule has 3 rings (SSSR count). The summed E-state index contributed by atoms with van der Waals surface area (Å²) < 4.78 is 10.3. The SMILES string of the molecule is COc1ccc(C(=O)N2CCN(Cc3cc(C)no3)CC2)c(O)c1. The molecule has 1 aromatic heterocycles. The van der Waals surface area contributed by atoms with Gasteiger partial charge in [-0.05, 0) is 19.1 Å². The van der Waals surface area contributed by atoms with Crippen LogP contribution < -0.4 is 4.74 Å². The van der Waals surface area contributed by atoms with Crippen LogP contribution in [0.3, 0.4) is 0 Å².